The van der Waals surface area contributed by atoms with Gasteiger partial charge in [0.25, 0.3) is 0 Å². The van der Waals surface area contributed by atoms with Crippen LogP contribution in [-0.2, 0) is 0 Å². The van der Waals surface area contributed by atoms with E-state index in [9.17, 15) is 4.79 Å². The van der Waals surface area contributed by atoms with Crippen molar-refractivity contribution in [3.8, 4) is 0 Å². The largest absolute Gasteiger partial charge is 0.385 e. The summed E-state index contributed by atoms with van der Waals surface area (Å²) in [5, 5.41) is 3.20. The zero-order valence-electron chi connectivity index (χ0n) is 12.5. The fourth-order valence-electron chi connectivity index (χ4n) is 2.44. The molecule has 1 N–H and O–H groups in total. The number of Topliss-reactive ketones (excluding diaryl/α,β-unsaturated/α-hetero) is 1. The standard InChI is InChI=1S/C18H21NO/c1-12(2)17(15-9-10-19-14(4)11-15)18(20)16-8-6-5-7-13(16)3/h5-11,14,19H,1-4H3. The van der Waals surface area contributed by atoms with Gasteiger partial charge in [-0.2, -0.15) is 0 Å². The zero-order chi connectivity index (χ0) is 14.7. The number of carbonyl (C=O) groups is 1. The van der Waals surface area contributed by atoms with E-state index in [0.717, 1.165) is 27.8 Å². The molecule has 1 unspecified atom stereocenters. The van der Waals surface area contributed by atoms with Crippen LogP contribution >= 0.6 is 0 Å². The number of nitrogens with one attached hydrogen (secondary N) is 1. The maximum atomic E-state index is 12.9. The van der Waals surface area contributed by atoms with Crippen LogP contribution in [-0.4, -0.2) is 11.8 Å². The molecule has 0 bridgehead atoms. The molecule has 20 heavy (non-hydrogen) atoms. The first-order chi connectivity index (χ1) is 9.50. The van der Waals surface area contributed by atoms with Gasteiger partial charge in [-0.15, -0.1) is 0 Å². The van der Waals surface area contributed by atoms with E-state index in [4.69, 9.17) is 0 Å². The maximum absolute atomic E-state index is 12.9. The Balaban J connectivity index is 2.47. The Morgan fingerprint density at radius 1 is 1.20 bits per heavy atom. The summed E-state index contributed by atoms with van der Waals surface area (Å²) in [6, 6.07) is 7.99. The highest BCUT2D eigenvalue weighted by Gasteiger charge is 2.19. The van der Waals surface area contributed by atoms with Crippen LogP contribution in [0.25, 0.3) is 0 Å². The van der Waals surface area contributed by atoms with Gasteiger partial charge in [0.1, 0.15) is 0 Å². The summed E-state index contributed by atoms with van der Waals surface area (Å²) in [5.74, 6) is 0.105. The van der Waals surface area contributed by atoms with Crippen molar-refractivity contribution in [2.75, 3.05) is 0 Å². The summed E-state index contributed by atoms with van der Waals surface area (Å²) in [4.78, 5) is 12.9. The molecule has 1 atom stereocenters. The number of dihydropyridines is 1. The quantitative estimate of drug-likeness (QED) is 0.663. The molecule has 104 valence electrons. The van der Waals surface area contributed by atoms with Crippen LogP contribution in [0, 0.1) is 6.92 Å². The molecule has 1 aliphatic heterocycles. The lowest BCUT2D eigenvalue weighted by Crippen LogP contribution is -2.22. The van der Waals surface area contributed by atoms with Crippen molar-refractivity contribution in [2.45, 2.75) is 33.7 Å². The van der Waals surface area contributed by atoms with Crippen LogP contribution in [0.5, 0.6) is 0 Å². The molecule has 0 saturated heterocycles. The lowest BCUT2D eigenvalue weighted by Gasteiger charge is -2.18. The van der Waals surface area contributed by atoms with Crippen LogP contribution in [0.2, 0.25) is 0 Å². The van der Waals surface area contributed by atoms with Crippen molar-refractivity contribution in [1.29, 1.82) is 0 Å². The summed E-state index contributed by atoms with van der Waals surface area (Å²) < 4.78 is 0. The predicted molar refractivity (Wildman–Crippen MR) is 83.7 cm³/mol. The van der Waals surface area contributed by atoms with Gasteiger partial charge in [0.2, 0.25) is 0 Å². The minimum absolute atomic E-state index is 0.105. The Hall–Kier alpha value is -2.09. The lowest BCUT2D eigenvalue weighted by atomic mass is 9.89. The van der Waals surface area contributed by atoms with E-state index in [2.05, 4.69) is 18.3 Å². The summed E-state index contributed by atoms with van der Waals surface area (Å²) in [6.07, 6.45) is 5.98. The van der Waals surface area contributed by atoms with E-state index in [1.165, 1.54) is 0 Å². The first-order valence-electron chi connectivity index (χ1n) is 6.93. The molecule has 2 rings (SSSR count). The van der Waals surface area contributed by atoms with Gasteiger partial charge in [0.15, 0.2) is 5.78 Å². The zero-order valence-corrected chi connectivity index (χ0v) is 12.5. The average Bonchev–Trinajstić information content (AvgIpc) is 2.39. The van der Waals surface area contributed by atoms with E-state index < -0.39 is 0 Å². The van der Waals surface area contributed by atoms with E-state index in [0.29, 0.717) is 0 Å². The van der Waals surface area contributed by atoms with Crippen molar-refractivity contribution in [2.24, 2.45) is 0 Å². The maximum Gasteiger partial charge on any atom is 0.193 e. The first-order valence-corrected chi connectivity index (χ1v) is 6.93. The molecule has 0 fully saturated rings. The SMILES string of the molecule is CC(C)=C(C(=O)c1ccccc1C)C1=CC(C)NC=C1. The predicted octanol–water partition coefficient (Wildman–Crippen LogP) is 3.95. The van der Waals surface area contributed by atoms with Crippen molar-refractivity contribution >= 4 is 5.78 Å². The normalized spacial score (nSPS) is 17.2. The van der Waals surface area contributed by atoms with Gasteiger partial charge in [-0.3, -0.25) is 4.79 Å². The number of benzene rings is 1. The smallest absolute Gasteiger partial charge is 0.193 e. The molecular formula is C18H21NO. The number of hydrogen-bond donors (Lipinski definition) is 1. The van der Waals surface area contributed by atoms with E-state index in [1.807, 2.05) is 57.3 Å². The van der Waals surface area contributed by atoms with E-state index >= 15 is 0 Å². The highest BCUT2D eigenvalue weighted by atomic mass is 16.1. The monoisotopic (exact) mass is 267 g/mol. The van der Waals surface area contributed by atoms with Crippen molar-refractivity contribution in [3.63, 3.8) is 0 Å². The van der Waals surface area contributed by atoms with Gasteiger partial charge in [0, 0.05) is 17.2 Å². The van der Waals surface area contributed by atoms with Crippen LogP contribution in [0.4, 0.5) is 0 Å². The molecule has 1 aromatic rings. The summed E-state index contributed by atoms with van der Waals surface area (Å²) >= 11 is 0. The minimum atomic E-state index is 0.105. The molecule has 0 aliphatic carbocycles. The van der Waals surface area contributed by atoms with Gasteiger partial charge in [0.05, 0.1) is 0 Å². The van der Waals surface area contributed by atoms with Gasteiger partial charge < -0.3 is 5.32 Å². The van der Waals surface area contributed by atoms with Gasteiger partial charge in [-0.25, -0.2) is 0 Å². The van der Waals surface area contributed by atoms with Crippen LogP contribution in [0.1, 0.15) is 36.7 Å². The van der Waals surface area contributed by atoms with E-state index in [1.54, 1.807) is 0 Å². The summed E-state index contributed by atoms with van der Waals surface area (Å²) in [6.45, 7) is 8.04. The van der Waals surface area contributed by atoms with Crippen LogP contribution in [0.3, 0.4) is 0 Å². The van der Waals surface area contributed by atoms with E-state index in [-0.39, 0.29) is 11.8 Å². The second-order valence-corrected chi connectivity index (χ2v) is 5.43. The average molecular weight is 267 g/mol. The Labute approximate surface area is 120 Å². The van der Waals surface area contributed by atoms with Crippen molar-refractivity contribution in [3.05, 3.63) is 70.5 Å². The lowest BCUT2D eigenvalue weighted by molar-refractivity contribution is 0.103. The molecule has 0 saturated carbocycles. The molecule has 1 aromatic carbocycles. The second-order valence-electron chi connectivity index (χ2n) is 5.43. The van der Waals surface area contributed by atoms with Gasteiger partial charge in [-0.1, -0.05) is 35.9 Å². The number of aryl methyl sites for hydroxylation is 1. The first kappa shape index (κ1) is 14.3. The highest BCUT2D eigenvalue weighted by Crippen LogP contribution is 2.24. The van der Waals surface area contributed by atoms with Crippen molar-refractivity contribution in [1.82, 2.24) is 5.32 Å². The molecule has 1 heterocycles. The Morgan fingerprint density at radius 3 is 2.50 bits per heavy atom. The van der Waals surface area contributed by atoms with Gasteiger partial charge in [-0.05, 0) is 51.1 Å². The van der Waals surface area contributed by atoms with Crippen molar-refractivity contribution < 1.29 is 4.79 Å². The fraction of sp³-hybridized carbons (Fsp3) is 0.278. The molecule has 0 amide bonds. The third-order valence-corrected chi connectivity index (χ3v) is 3.46. The Kier molecular flexibility index (Phi) is 4.23. The molecule has 1 aliphatic rings. The van der Waals surface area contributed by atoms with Gasteiger partial charge >= 0.3 is 0 Å². The third-order valence-electron chi connectivity index (χ3n) is 3.46. The molecule has 2 heteroatoms. The topological polar surface area (TPSA) is 29.1 Å². The Morgan fingerprint density at radius 2 is 1.90 bits per heavy atom. The summed E-state index contributed by atoms with van der Waals surface area (Å²) in [5.41, 5.74) is 4.66. The Bertz CT molecular complexity index is 616. The number of ketones is 1. The molecular weight excluding hydrogens is 246 g/mol. The third kappa shape index (κ3) is 2.90. The number of carbonyl (C=O) groups excluding carboxylic acids is 1. The minimum Gasteiger partial charge on any atom is -0.385 e. The number of allylic oxidation sites excluding steroid dienone is 4. The molecule has 0 radical (unpaired) electrons. The molecule has 2 nitrogen and oxygen atoms in total. The second kappa shape index (κ2) is 5.91. The van der Waals surface area contributed by atoms with Crippen LogP contribution in [0.15, 0.2) is 59.3 Å². The highest BCUT2D eigenvalue weighted by molar-refractivity contribution is 6.13. The van der Waals surface area contributed by atoms with Crippen LogP contribution < -0.4 is 5.32 Å². The molecule has 0 aromatic heterocycles. The number of hydrogen-bond acceptors (Lipinski definition) is 2. The number of rotatable bonds is 3. The molecule has 0 spiro atoms. The summed E-state index contributed by atoms with van der Waals surface area (Å²) in [7, 11) is 0. The fourth-order valence-corrected chi connectivity index (χ4v) is 2.44.